The molecule has 0 fully saturated rings. The van der Waals surface area contributed by atoms with E-state index < -0.39 is 15.9 Å². The van der Waals surface area contributed by atoms with Crippen LogP contribution in [0.2, 0.25) is 5.02 Å². The zero-order chi connectivity index (χ0) is 23.0. The first-order valence-corrected chi connectivity index (χ1v) is 11.2. The fourth-order valence-corrected chi connectivity index (χ4v) is 4.33. The minimum Gasteiger partial charge on any atom is -0.493 e. The fraction of sp³-hybridized carbons (Fsp3) is 0.0870. The Kier molecular flexibility index (Phi) is 5.66. The van der Waals surface area contributed by atoms with Crippen molar-refractivity contribution in [2.75, 3.05) is 7.11 Å². The van der Waals surface area contributed by atoms with Crippen molar-refractivity contribution in [3.8, 4) is 22.6 Å². The van der Waals surface area contributed by atoms with Crippen LogP contribution in [0.25, 0.3) is 22.0 Å². The van der Waals surface area contributed by atoms with Gasteiger partial charge in [-0.15, -0.1) is 0 Å². The quantitative estimate of drug-likeness (QED) is 0.409. The maximum absolute atomic E-state index is 14.9. The molecule has 32 heavy (non-hydrogen) atoms. The molecule has 4 rings (SSSR count). The maximum atomic E-state index is 14.9. The molecule has 164 valence electrons. The third-order valence-corrected chi connectivity index (χ3v) is 6.56. The molecule has 0 amide bonds. The van der Waals surface area contributed by atoms with Crippen molar-refractivity contribution in [2.24, 2.45) is 0 Å². The van der Waals surface area contributed by atoms with Crippen LogP contribution in [0.1, 0.15) is 5.56 Å². The number of aryl methyl sites for hydroxylation is 1. The summed E-state index contributed by atoms with van der Waals surface area (Å²) in [5, 5.41) is 1.05. The van der Waals surface area contributed by atoms with Crippen LogP contribution < -0.4 is 14.5 Å². The molecule has 0 saturated carbocycles. The molecule has 0 bridgehead atoms. The van der Waals surface area contributed by atoms with E-state index in [1.807, 2.05) is 0 Å². The summed E-state index contributed by atoms with van der Waals surface area (Å²) >= 11 is 6.04. The number of hydrogen-bond donors (Lipinski definition) is 1. The number of aromatic amines is 1. The summed E-state index contributed by atoms with van der Waals surface area (Å²) in [7, 11) is -2.98. The number of nitrogens with one attached hydrogen (secondary N) is 1. The van der Waals surface area contributed by atoms with E-state index in [0.29, 0.717) is 21.5 Å². The number of aromatic nitrogens is 1. The SMILES string of the molecule is COc1cc(-c2ccc(Cl)c(C)c2)c(F)cc1OS(=O)(=O)c1ccc2[nH]c(=O)ccc2c1. The maximum Gasteiger partial charge on any atom is 0.339 e. The highest BCUT2D eigenvalue weighted by Crippen LogP contribution is 2.37. The summed E-state index contributed by atoms with van der Waals surface area (Å²) in [6, 6.07) is 14.3. The first-order valence-electron chi connectivity index (χ1n) is 9.39. The lowest BCUT2D eigenvalue weighted by molar-refractivity contribution is 0.389. The fourth-order valence-electron chi connectivity index (χ4n) is 3.25. The van der Waals surface area contributed by atoms with Gasteiger partial charge in [0, 0.05) is 28.2 Å². The Bertz CT molecular complexity index is 1520. The summed E-state index contributed by atoms with van der Waals surface area (Å²) in [4.78, 5) is 13.9. The molecule has 3 aromatic carbocycles. The Morgan fingerprint density at radius 1 is 0.969 bits per heavy atom. The van der Waals surface area contributed by atoms with Crippen molar-refractivity contribution < 1.29 is 21.7 Å². The number of benzene rings is 3. The Morgan fingerprint density at radius 3 is 2.47 bits per heavy atom. The minimum absolute atomic E-state index is 0.0442. The van der Waals surface area contributed by atoms with Crippen LogP contribution >= 0.6 is 11.6 Å². The number of rotatable bonds is 5. The number of ether oxygens (including phenoxy) is 1. The van der Waals surface area contributed by atoms with Crippen LogP contribution in [0, 0.1) is 12.7 Å². The van der Waals surface area contributed by atoms with E-state index in [2.05, 4.69) is 4.98 Å². The molecule has 0 aliphatic heterocycles. The molecule has 0 radical (unpaired) electrons. The predicted octanol–water partition coefficient (Wildman–Crippen LogP) is 5.07. The van der Waals surface area contributed by atoms with Gasteiger partial charge < -0.3 is 13.9 Å². The van der Waals surface area contributed by atoms with Crippen molar-refractivity contribution in [1.29, 1.82) is 0 Å². The molecule has 1 aromatic heterocycles. The molecule has 4 aromatic rings. The van der Waals surface area contributed by atoms with Gasteiger partial charge in [-0.05, 0) is 65.9 Å². The zero-order valence-corrected chi connectivity index (χ0v) is 18.6. The molecular weight excluding hydrogens is 457 g/mol. The van der Waals surface area contributed by atoms with Gasteiger partial charge in [0.2, 0.25) is 5.56 Å². The van der Waals surface area contributed by atoms with E-state index in [9.17, 15) is 17.6 Å². The van der Waals surface area contributed by atoms with E-state index in [1.165, 1.54) is 43.5 Å². The minimum atomic E-state index is -4.31. The summed E-state index contributed by atoms with van der Waals surface area (Å²) in [6.45, 7) is 1.80. The van der Waals surface area contributed by atoms with Crippen LogP contribution in [0.15, 0.2) is 70.4 Å². The molecule has 0 unspecified atom stereocenters. The summed E-state index contributed by atoms with van der Waals surface area (Å²) in [5.41, 5.74) is 1.70. The summed E-state index contributed by atoms with van der Waals surface area (Å²) in [5.74, 6) is -0.933. The monoisotopic (exact) mass is 473 g/mol. The first-order chi connectivity index (χ1) is 15.2. The van der Waals surface area contributed by atoms with Crippen molar-refractivity contribution in [3.63, 3.8) is 0 Å². The number of fused-ring (bicyclic) bond motifs is 1. The highest BCUT2D eigenvalue weighted by Gasteiger charge is 2.22. The van der Waals surface area contributed by atoms with Gasteiger partial charge in [-0.2, -0.15) is 8.42 Å². The first kappa shape index (κ1) is 21.9. The number of methoxy groups -OCH3 is 1. The predicted molar refractivity (Wildman–Crippen MR) is 121 cm³/mol. The van der Waals surface area contributed by atoms with Gasteiger partial charge in [-0.25, -0.2) is 4.39 Å². The van der Waals surface area contributed by atoms with Crippen LogP contribution in [-0.4, -0.2) is 20.5 Å². The van der Waals surface area contributed by atoms with Crippen LogP contribution in [0.3, 0.4) is 0 Å². The molecule has 0 atom stereocenters. The number of H-pyrrole nitrogens is 1. The van der Waals surface area contributed by atoms with Gasteiger partial charge in [0.25, 0.3) is 0 Å². The second-order valence-electron chi connectivity index (χ2n) is 7.06. The smallest absolute Gasteiger partial charge is 0.339 e. The lowest BCUT2D eigenvalue weighted by Gasteiger charge is -2.14. The average Bonchev–Trinajstić information content (AvgIpc) is 2.75. The molecule has 0 spiro atoms. The Hall–Kier alpha value is -3.36. The number of pyridine rings is 1. The molecule has 0 aliphatic carbocycles. The van der Waals surface area contributed by atoms with E-state index in [4.69, 9.17) is 20.5 Å². The van der Waals surface area contributed by atoms with Crippen molar-refractivity contribution >= 4 is 32.6 Å². The topological polar surface area (TPSA) is 85.5 Å². The zero-order valence-electron chi connectivity index (χ0n) is 17.0. The van der Waals surface area contributed by atoms with E-state index in [0.717, 1.165) is 11.6 Å². The third kappa shape index (κ3) is 4.19. The summed E-state index contributed by atoms with van der Waals surface area (Å²) in [6.07, 6.45) is 0. The lowest BCUT2D eigenvalue weighted by Crippen LogP contribution is -2.11. The Morgan fingerprint density at radius 2 is 1.75 bits per heavy atom. The summed E-state index contributed by atoms with van der Waals surface area (Å²) < 4.78 is 51.1. The molecule has 0 saturated heterocycles. The number of hydrogen-bond acceptors (Lipinski definition) is 5. The van der Waals surface area contributed by atoms with Crippen molar-refractivity contribution in [1.82, 2.24) is 4.98 Å². The second kappa shape index (κ2) is 8.29. The average molecular weight is 474 g/mol. The van der Waals surface area contributed by atoms with Crippen molar-refractivity contribution in [2.45, 2.75) is 11.8 Å². The molecule has 6 nitrogen and oxygen atoms in total. The van der Waals surface area contributed by atoms with Crippen molar-refractivity contribution in [3.05, 3.63) is 87.4 Å². The van der Waals surface area contributed by atoms with Gasteiger partial charge in [0.15, 0.2) is 11.5 Å². The molecule has 9 heteroatoms. The van der Waals surface area contributed by atoms with Gasteiger partial charge in [0.1, 0.15) is 10.7 Å². The highest BCUT2D eigenvalue weighted by molar-refractivity contribution is 7.87. The molecule has 1 heterocycles. The lowest BCUT2D eigenvalue weighted by atomic mass is 10.0. The third-order valence-electron chi connectivity index (χ3n) is 4.91. The van der Waals surface area contributed by atoms with E-state index >= 15 is 0 Å². The Labute approximate surface area is 188 Å². The van der Waals surface area contributed by atoms with Gasteiger partial charge in [-0.1, -0.05) is 17.7 Å². The standard InChI is InChI=1S/C23H17ClFNO5S/c1-13-9-14(3-6-18(13)24)17-11-21(30-2)22(12-19(17)25)31-32(28,29)16-5-7-20-15(10-16)4-8-23(27)26-20/h3-12H,1-2H3,(H,26,27). The molecular formula is C23H17ClFNO5S. The van der Waals surface area contributed by atoms with E-state index in [1.54, 1.807) is 25.1 Å². The normalized spacial score (nSPS) is 11.5. The highest BCUT2D eigenvalue weighted by atomic mass is 35.5. The molecule has 1 N–H and O–H groups in total. The second-order valence-corrected chi connectivity index (χ2v) is 9.01. The van der Waals surface area contributed by atoms with Gasteiger partial charge in [0.05, 0.1) is 7.11 Å². The van der Waals surface area contributed by atoms with E-state index in [-0.39, 0.29) is 27.5 Å². The van der Waals surface area contributed by atoms with Crippen LogP contribution in [-0.2, 0) is 10.1 Å². The van der Waals surface area contributed by atoms with Crippen LogP contribution in [0.5, 0.6) is 11.5 Å². The van der Waals surface area contributed by atoms with Crippen LogP contribution in [0.4, 0.5) is 4.39 Å². The number of halogens is 2. The van der Waals surface area contributed by atoms with Gasteiger partial charge >= 0.3 is 10.1 Å². The Balaban J connectivity index is 1.73. The largest absolute Gasteiger partial charge is 0.493 e. The molecule has 0 aliphatic rings. The van der Waals surface area contributed by atoms with Gasteiger partial charge in [-0.3, -0.25) is 4.79 Å².